The minimum atomic E-state index is -1.36. The number of piperidine rings is 2. The molecule has 2 unspecified atom stereocenters. The molecule has 6 atom stereocenters. The average Bonchev–Trinajstić information content (AvgIpc) is 3.96. The number of benzene rings is 4. The number of rotatable bonds is 5. The number of fused-ring (bicyclic) bond motifs is 7. The van der Waals surface area contributed by atoms with Crippen molar-refractivity contribution in [1.82, 2.24) is 29.7 Å². The van der Waals surface area contributed by atoms with E-state index in [9.17, 15) is 24.6 Å². The summed E-state index contributed by atoms with van der Waals surface area (Å²) in [5, 5.41) is 26.9. The maximum absolute atomic E-state index is 13.0. The van der Waals surface area contributed by atoms with Gasteiger partial charge in [0, 0.05) is 40.3 Å². The highest BCUT2D eigenvalue weighted by atomic mass is 79.9. The molecule has 346 valence electrons. The molecule has 0 saturated carbocycles. The number of aromatic nitrogens is 4. The molecule has 5 aliphatic rings. The summed E-state index contributed by atoms with van der Waals surface area (Å²) in [6.07, 6.45) is 6.89. The Morgan fingerprint density at radius 2 is 1.48 bits per heavy atom. The summed E-state index contributed by atoms with van der Waals surface area (Å²) in [6, 6.07) is 23.3. The summed E-state index contributed by atoms with van der Waals surface area (Å²) < 4.78 is 20.3. The van der Waals surface area contributed by atoms with Crippen molar-refractivity contribution in [1.29, 1.82) is 0 Å². The molecule has 6 heterocycles. The fourth-order valence-corrected chi connectivity index (χ4v) is 11.0. The van der Waals surface area contributed by atoms with Crippen molar-refractivity contribution in [2.45, 2.75) is 86.9 Å². The van der Waals surface area contributed by atoms with Gasteiger partial charge in [0.1, 0.15) is 6.61 Å². The van der Waals surface area contributed by atoms with Gasteiger partial charge < -0.3 is 39.6 Å². The highest BCUT2D eigenvalue weighted by Gasteiger charge is 2.50. The van der Waals surface area contributed by atoms with Gasteiger partial charge in [0.15, 0.2) is 11.6 Å². The Labute approximate surface area is 414 Å². The van der Waals surface area contributed by atoms with Crippen LogP contribution >= 0.6 is 71.0 Å². The number of hydrogen-bond acceptors (Lipinski definition) is 11. The number of amides is 1. The summed E-state index contributed by atoms with van der Waals surface area (Å²) in [6.45, 7) is 1.94. The lowest BCUT2D eigenvalue weighted by atomic mass is 9.97. The third-order valence-electron chi connectivity index (χ3n) is 12.8. The average molecular weight is 1130 g/mol. The predicted molar refractivity (Wildman–Crippen MR) is 262 cm³/mol. The van der Waals surface area contributed by atoms with Crippen LogP contribution in [0.1, 0.15) is 55.6 Å². The van der Waals surface area contributed by atoms with Crippen LogP contribution in [0.15, 0.2) is 104 Å². The van der Waals surface area contributed by atoms with E-state index in [1.165, 1.54) is 39.5 Å². The molecule has 2 aromatic heterocycles. The number of ether oxygens (including phenoxy) is 3. The minimum Gasteiger partial charge on any atom is -0.448 e. The van der Waals surface area contributed by atoms with Gasteiger partial charge in [0.2, 0.25) is 0 Å². The smallest absolute Gasteiger partial charge is 0.410 e. The fourth-order valence-electron chi connectivity index (χ4n) is 9.69. The first-order chi connectivity index (χ1) is 31.7. The van der Waals surface area contributed by atoms with Crippen LogP contribution in [0, 0.1) is 0 Å². The molecule has 0 bridgehead atoms. The van der Waals surface area contributed by atoms with E-state index in [2.05, 4.69) is 92.3 Å². The quantitative estimate of drug-likeness (QED) is 0.121. The van der Waals surface area contributed by atoms with Gasteiger partial charge in [-0.3, -0.25) is 14.2 Å². The lowest BCUT2D eigenvalue weighted by molar-refractivity contribution is -0.202. The van der Waals surface area contributed by atoms with Crippen molar-refractivity contribution in [3.05, 3.63) is 136 Å². The number of H-pyrrole nitrogens is 1. The van der Waals surface area contributed by atoms with Crippen LogP contribution in [0.2, 0.25) is 10.0 Å². The van der Waals surface area contributed by atoms with E-state index in [4.69, 9.17) is 37.4 Å². The number of carbonyl (C=O) groups excluding carboxylic acids is 1. The van der Waals surface area contributed by atoms with Crippen LogP contribution in [-0.4, -0.2) is 102 Å². The second kappa shape index (κ2) is 19.7. The van der Waals surface area contributed by atoms with Gasteiger partial charge in [-0.2, -0.15) is 0 Å². The summed E-state index contributed by atoms with van der Waals surface area (Å²) in [5.41, 5.74) is 5.60. The van der Waals surface area contributed by atoms with Gasteiger partial charge in [-0.1, -0.05) is 87.7 Å². The van der Waals surface area contributed by atoms with Gasteiger partial charge in [-0.05, 0) is 111 Å². The number of nitrogens with one attached hydrogen (secondary N) is 2. The lowest BCUT2D eigenvalue weighted by Crippen LogP contribution is -2.49. The van der Waals surface area contributed by atoms with Gasteiger partial charge >= 0.3 is 6.09 Å². The first kappa shape index (κ1) is 47.3. The van der Waals surface area contributed by atoms with Crippen LogP contribution in [0.3, 0.4) is 0 Å². The summed E-state index contributed by atoms with van der Waals surface area (Å²) in [4.78, 5) is 49.5. The fraction of sp³-hybridized carbons (Fsp3) is 0.383. The third kappa shape index (κ3) is 9.75. The molecule has 11 rings (SSSR count). The maximum Gasteiger partial charge on any atom is 0.410 e. The zero-order valence-electron chi connectivity index (χ0n) is 35.3. The Hall–Kier alpha value is -3.75. The molecule has 4 N–H and O–H groups in total. The standard InChI is InChI=1S/C23H24BrNO4.C16H17BrClN3O3.C8H4BrClN2O/c24-14-23(27)12-20-21(29-23)10-5-11-25(20)22(26)28-13-19-17-8-3-1-6-15(17)16-7-2-4-9-18(16)19;17-10-5-12-9(4-11(10)18)15(22)21(8-20-12)7-16(23)6-13-14(24-16)2-1-3-19-13;9-5-2-7-4(1-6(5)10)8(13)12-3-11-7/h1-4,6-9,19-21,27H,5,10-14H2;4-5,8,13-14,19,23H,1-3,6-7H2;1-3H,(H,11,12,13)/t20-,21-,23?;13-,14-,16?;/m00./s1. The van der Waals surface area contributed by atoms with Crippen molar-refractivity contribution in [3.63, 3.8) is 0 Å². The second-order valence-corrected chi connectivity index (χ2v) is 20.2. The molecule has 4 aliphatic heterocycles. The predicted octanol–water partition coefficient (Wildman–Crippen LogP) is 8.65. The number of carbonyl (C=O) groups is 1. The molecule has 4 aromatic carbocycles. The Morgan fingerprint density at radius 3 is 2.17 bits per heavy atom. The molecule has 4 fully saturated rings. The number of nitrogens with zero attached hydrogens (tertiary/aromatic N) is 4. The highest BCUT2D eigenvalue weighted by molar-refractivity contribution is 9.11. The highest BCUT2D eigenvalue weighted by Crippen LogP contribution is 2.45. The number of alkyl halides is 1. The van der Waals surface area contributed by atoms with Crippen LogP contribution < -0.4 is 16.4 Å². The first-order valence-corrected chi connectivity index (χ1v) is 25.1. The number of hydrogen-bond donors (Lipinski definition) is 4. The number of likely N-dealkylation sites (tertiary alicyclic amines) is 1. The monoisotopic (exact) mass is 1130 g/mol. The number of aliphatic hydroxyl groups is 2. The van der Waals surface area contributed by atoms with Crippen molar-refractivity contribution in [2.75, 3.05) is 25.0 Å². The summed E-state index contributed by atoms with van der Waals surface area (Å²) in [5.74, 6) is -2.52. The Bertz CT molecular complexity index is 2870. The largest absolute Gasteiger partial charge is 0.448 e. The summed E-state index contributed by atoms with van der Waals surface area (Å²) >= 11 is 21.8. The molecular weight excluding hydrogens is 1090 g/mol. The normalized spacial score (nSPS) is 25.2. The lowest BCUT2D eigenvalue weighted by Gasteiger charge is -2.35. The van der Waals surface area contributed by atoms with Gasteiger partial charge in [-0.15, -0.1) is 0 Å². The van der Waals surface area contributed by atoms with Gasteiger partial charge in [0.05, 0.1) is 74.6 Å². The second-order valence-electron chi connectivity index (χ2n) is 17.1. The van der Waals surface area contributed by atoms with E-state index in [0.29, 0.717) is 67.6 Å². The SMILES string of the molecule is O=C(OCC1c2ccccc2-c2ccccc21)N1CCC[C@@H]2OC(O)(CBr)C[C@@H]21.O=c1[nH]cnc2cc(Br)c(Cl)cc12.O=c1c2cc(Cl)c(Br)cc2ncn1CC1(O)C[C@@H]2NCCC[C@@H]2O1. The van der Waals surface area contributed by atoms with Crippen LogP contribution in [0.5, 0.6) is 0 Å². The van der Waals surface area contributed by atoms with Gasteiger partial charge in [-0.25, -0.2) is 14.8 Å². The molecule has 0 spiro atoms. The molecule has 0 radical (unpaired) electrons. The van der Waals surface area contributed by atoms with Gasteiger partial charge in [0.25, 0.3) is 11.1 Å². The van der Waals surface area contributed by atoms with Crippen molar-refractivity contribution in [2.24, 2.45) is 0 Å². The van der Waals surface area contributed by atoms with E-state index in [1.54, 1.807) is 29.2 Å². The number of aromatic amines is 1. The number of halogens is 5. The maximum atomic E-state index is 13.0. The van der Waals surface area contributed by atoms with Crippen LogP contribution in [0.25, 0.3) is 32.9 Å². The van der Waals surface area contributed by atoms with Crippen LogP contribution in [-0.2, 0) is 20.8 Å². The summed E-state index contributed by atoms with van der Waals surface area (Å²) in [7, 11) is 0. The molecule has 14 nitrogen and oxygen atoms in total. The van der Waals surface area contributed by atoms with E-state index >= 15 is 0 Å². The molecule has 4 saturated heterocycles. The van der Waals surface area contributed by atoms with E-state index in [1.807, 2.05) is 24.3 Å². The first-order valence-electron chi connectivity index (χ1n) is 21.6. The van der Waals surface area contributed by atoms with Crippen molar-refractivity contribution in [3.8, 4) is 11.1 Å². The van der Waals surface area contributed by atoms with Crippen molar-refractivity contribution >= 4 is 98.9 Å². The molecule has 66 heavy (non-hydrogen) atoms. The third-order valence-corrected chi connectivity index (χ3v) is 16.1. The van der Waals surface area contributed by atoms with E-state index < -0.39 is 11.6 Å². The zero-order valence-corrected chi connectivity index (χ0v) is 41.5. The van der Waals surface area contributed by atoms with E-state index in [-0.39, 0.29) is 54.0 Å². The molecule has 1 aliphatic carbocycles. The molecule has 19 heteroatoms. The Morgan fingerprint density at radius 1 is 0.848 bits per heavy atom. The molecule has 6 aromatic rings. The Balaban J connectivity index is 0.000000133. The zero-order chi connectivity index (χ0) is 46.3. The molecule has 1 amide bonds. The van der Waals surface area contributed by atoms with Crippen LogP contribution in [0.4, 0.5) is 4.79 Å². The topological polar surface area (TPSA) is 181 Å². The Kier molecular flexibility index (Phi) is 14.1. The minimum absolute atomic E-state index is 0.00160. The molecular formula is C47H45Br3Cl2N6O8. The van der Waals surface area contributed by atoms with E-state index in [0.717, 1.165) is 36.7 Å². The van der Waals surface area contributed by atoms with Crippen molar-refractivity contribution < 1.29 is 29.2 Å².